The Bertz CT molecular complexity index is 210. The summed E-state index contributed by atoms with van der Waals surface area (Å²) < 4.78 is 11.8. The molecular weight excluding hydrogens is 177 g/mol. The van der Waals surface area contributed by atoms with Crippen LogP contribution in [0.2, 0.25) is 0 Å². The summed E-state index contributed by atoms with van der Waals surface area (Å²) in [6, 6.07) is -0.0323. The first kappa shape index (κ1) is 9.88. The van der Waals surface area contributed by atoms with Gasteiger partial charge in [0.1, 0.15) is 6.54 Å². The zero-order valence-electron chi connectivity index (χ0n) is 7.19. The molecule has 1 rings (SSSR count). The first-order valence-corrected chi connectivity index (χ1v) is 4.16. The molecule has 0 spiro atoms. The van der Waals surface area contributed by atoms with Crippen molar-refractivity contribution in [1.82, 2.24) is 5.01 Å². The molecule has 1 N–H and O–H groups in total. The fraction of sp³-hybridized carbons (Fsp3) is 0.857. The van der Waals surface area contributed by atoms with E-state index in [1.165, 1.54) is 5.01 Å². The minimum absolute atomic E-state index is 0.0323. The average molecular weight is 189 g/mol. The van der Waals surface area contributed by atoms with Crippen LogP contribution in [-0.2, 0) is 4.79 Å². The van der Waals surface area contributed by atoms with Crippen molar-refractivity contribution < 1.29 is 14.3 Å². The van der Waals surface area contributed by atoms with Crippen molar-refractivity contribution >= 4 is 5.97 Å². The van der Waals surface area contributed by atoms with Crippen LogP contribution in [0.25, 0.3) is 0 Å². The molecule has 0 saturated heterocycles. The van der Waals surface area contributed by atoms with Crippen LogP contribution >= 0.6 is 0 Å². The molecule has 0 aromatic heterocycles. The molecule has 0 bridgehead atoms. The highest BCUT2D eigenvalue weighted by Crippen LogP contribution is 2.12. The molecule has 1 aliphatic rings. The van der Waals surface area contributed by atoms with E-state index in [-0.39, 0.29) is 19.3 Å². The van der Waals surface area contributed by atoms with Gasteiger partial charge in [-0.1, -0.05) is 5.22 Å². The lowest BCUT2D eigenvalue weighted by molar-refractivity contribution is -0.138. The van der Waals surface area contributed by atoms with Crippen molar-refractivity contribution in [2.24, 2.45) is 10.3 Å². The third-order valence-electron chi connectivity index (χ3n) is 1.75. The molecular formula is C7H12FN3O2. The summed E-state index contributed by atoms with van der Waals surface area (Å²) in [6.45, 7) is 0.00682. The van der Waals surface area contributed by atoms with Gasteiger partial charge in [-0.25, -0.2) is 0 Å². The lowest BCUT2D eigenvalue weighted by atomic mass is 10.2. The first-order valence-electron chi connectivity index (χ1n) is 4.16. The zero-order valence-corrected chi connectivity index (χ0v) is 7.19. The topological polar surface area (TPSA) is 65.3 Å². The second-order valence-electron chi connectivity index (χ2n) is 2.93. The predicted octanol–water partition coefficient (Wildman–Crippen LogP) is 0.872. The van der Waals surface area contributed by atoms with Crippen molar-refractivity contribution in [2.45, 2.75) is 18.9 Å². The van der Waals surface area contributed by atoms with Gasteiger partial charge < -0.3 is 5.11 Å². The summed E-state index contributed by atoms with van der Waals surface area (Å²) in [7, 11) is 0. The number of alkyl halides is 1. The maximum absolute atomic E-state index is 11.8. The highest BCUT2D eigenvalue weighted by molar-refractivity contribution is 5.69. The van der Waals surface area contributed by atoms with Crippen LogP contribution in [0.4, 0.5) is 4.39 Å². The Balaban J connectivity index is 2.21. The number of rotatable bonds is 5. The van der Waals surface area contributed by atoms with Crippen molar-refractivity contribution in [3.05, 3.63) is 0 Å². The average Bonchev–Trinajstić information content (AvgIpc) is 2.48. The molecule has 0 radical (unpaired) electrons. The fourth-order valence-corrected chi connectivity index (χ4v) is 1.18. The van der Waals surface area contributed by atoms with E-state index in [1.54, 1.807) is 0 Å². The van der Waals surface area contributed by atoms with Crippen molar-refractivity contribution in [3.63, 3.8) is 0 Å². The van der Waals surface area contributed by atoms with Crippen molar-refractivity contribution in [1.29, 1.82) is 0 Å². The number of carbonyl (C=O) groups is 1. The molecule has 0 amide bonds. The highest BCUT2D eigenvalue weighted by atomic mass is 19.1. The van der Waals surface area contributed by atoms with Gasteiger partial charge in [0.15, 0.2) is 0 Å². The summed E-state index contributed by atoms with van der Waals surface area (Å²) >= 11 is 0. The van der Waals surface area contributed by atoms with Gasteiger partial charge in [-0.2, -0.15) is 5.11 Å². The van der Waals surface area contributed by atoms with Crippen LogP contribution in [0, 0.1) is 0 Å². The molecule has 5 nitrogen and oxygen atoms in total. The van der Waals surface area contributed by atoms with Gasteiger partial charge in [0.05, 0.1) is 19.3 Å². The molecule has 13 heavy (non-hydrogen) atoms. The van der Waals surface area contributed by atoms with Gasteiger partial charge in [0, 0.05) is 0 Å². The molecule has 0 aromatic carbocycles. The number of aliphatic carboxylic acids is 1. The molecule has 0 aromatic rings. The summed E-state index contributed by atoms with van der Waals surface area (Å²) in [4.78, 5) is 10.3. The lowest BCUT2D eigenvalue weighted by Gasteiger charge is -2.09. The number of nitrogens with zero attached hydrogens (tertiary/aromatic N) is 3. The highest BCUT2D eigenvalue weighted by Gasteiger charge is 2.20. The van der Waals surface area contributed by atoms with E-state index in [1.807, 2.05) is 0 Å². The molecule has 0 aliphatic carbocycles. The summed E-state index contributed by atoms with van der Waals surface area (Å²) in [6.07, 6.45) is 1.10. The van der Waals surface area contributed by atoms with Gasteiger partial charge in [-0.3, -0.25) is 14.2 Å². The largest absolute Gasteiger partial charge is 0.480 e. The minimum Gasteiger partial charge on any atom is -0.480 e. The molecule has 1 heterocycles. The molecule has 1 atom stereocenters. The Kier molecular flexibility index (Phi) is 3.60. The summed E-state index contributed by atoms with van der Waals surface area (Å²) in [5.74, 6) is -0.926. The van der Waals surface area contributed by atoms with E-state index >= 15 is 0 Å². The van der Waals surface area contributed by atoms with Crippen LogP contribution in [-0.4, -0.2) is 41.9 Å². The fourth-order valence-electron chi connectivity index (χ4n) is 1.18. The third kappa shape index (κ3) is 3.35. The molecule has 0 fully saturated rings. The SMILES string of the molecule is O=C(O)CN1CC(CCCF)N=N1. The zero-order chi connectivity index (χ0) is 9.68. The van der Waals surface area contributed by atoms with Gasteiger partial charge in [-0.05, 0) is 12.8 Å². The Morgan fingerprint density at radius 3 is 3.08 bits per heavy atom. The van der Waals surface area contributed by atoms with E-state index in [0.29, 0.717) is 19.4 Å². The second kappa shape index (κ2) is 4.74. The predicted molar refractivity (Wildman–Crippen MR) is 43.1 cm³/mol. The van der Waals surface area contributed by atoms with Crippen molar-refractivity contribution in [3.8, 4) is 0 Å². The minimum atomic E-state index is -0.926. The number of hydrogen-bond donors (Lipinski definition) is 1. The Morgan fingerprint density at radius 2 is 2.46 bits per heavy atom. The Hall–Kier alpha value is -1.20. The van der Waals surface area contributed by atoms with E-state index < -0.39 is 5.97 Å². The Morgan fingerprint density at radius 1 is 1.69 bits per heavy atom. The number of carboxylic acid groups (broad SMARTS) is 1. The van der Waals surface area contributed by atoms with Crippen molar-refractivity contribution in [2.75, 3.05) is 19.8 Å². The molecule has 1 aliphatic heterocycles. The molecule has 0 saturated carbocycles. The van der Waals surface area contributed by atoms with Gasteiger partial charge in [0.25, 0.3) is 0 Å². The number of halogens is 1. The van der Waals surface area contributed by atoms with Crippen LogP contribution in [0.15, 0.2) is 10.3 Å². The van der Waals surface area contributed by atoms with E-state index in [2.05, 4.69) is 10.3 Å². The van der Waals surface area contributed by atoms with Crippen LogP contribution in [0.1, 0.15) is 12.8 Å². The summed E-state index contributed by atoms with van der Waals surface area (Å²) in [5.41, 5.74) is 0. The van der Waals surface area contributed by atoms with Gasteiger partial charge in [-0.15, -0.1) is 0 Å². The smallest absolute Gasteiger partial charge is 0.324 e. The van der Waals surface area contributed by atoms with E-state index in [9.17, 15) is 9.18 Å². The number of carboxylic acids is 1. The van der Waals surface area contributed by atoms with E-state index in [4.69, 9.17) is 5.11 Å². The molecule has 74 valence electrons. The van der Waals surface area contributed by atoms with Gasteiger partial charge >= 0.3 is 5.97 Å². The summed E-state index contributed by atoms with van der Waals surface area (Å²) in [5, 5.41) is 17.3. The monoisotopic (exact) mass is 189 g/mol. The first-order chi connectivity index (χ1) is 6.22. The lowest BCUT2D eigenvalue weighted by Crippen LogP contribution is -2.26. The maximum Gasteiger partial charge on any atom is 0.324 e. The standard InChI is InChI=1S/C7H12FN3O2/c8-3-1-2-6-4-11(10-9-6)5-7(12)13/h6H,1-5H2,(H,12,13). The van der Waals surface area contributed by atoms with Crippen LogP contribution in [0.5, 0.6) is 0 Å². The molecule has 6 heteroatoms. The molecule has 1 unspecified atom stereocenters. The van der Waals surface area contributed by atoms with E-state index in [0.717, 1.165) is 0 Å². The van der Waals surface area contributed by atoms with Crippen LogP contribution in [0.3, 0.4) is 0 Å². The maximum atomic E-state index is 11.8. The Labute approximate surface area is 75.2 Å². The van der Waals surface area contributed by atoms with Gasteiger partial charge in [0.2, 0.25) is 0 Å². The normalized spacial score (nSPS) is 21.0. The number of hydrogen-bond acceptors (Lipinski definition) is 4. The van der Waals surface area contributed by atoms with Crippen LogP contribution < -0.4 is 0 Å². The quantitative estimate of drug-likeness (QED) is 0.697. The third-order valence-corrected chi connectivity index (χ3v) is 1.75. The second-order valence-corrected chi connectivity index (χ2v) is 2.93.